The van der Waals surface area contributed by atoms with E-state index in [2.05, 4.69) is 29.6 Å². The molecule has 0 bridgehead atoms. The molecule has 0 spiro atoms. The van der Waals surface area contributed by atoms with Crippen molar-refractivity contribution in [1.29, 1.82) is 0 Å². The van der Waals surface area contributed by atoms with Gasteiger partial charge in [0, 0.05) is 24.4 Å². The Morgan fingerprint density at radius 2 is 1.67 bits per heavy atom. The predicted octanol–water partition coefficient (Wildman–Crippen LogP) is 5.31. The Labute approximate surface area is 212 Å². The fourth-order valence-corrected chi connectivity index (χ4v) is 5.75. The maximum atomic E-state index is 13.7. The summed E-state index contributed by atoms with van der Waals surface area (Å²) in [6, 6.07) is 32.1. The Morgan fingerprint density at radius 3 is 2.33 bits per heavy atom. The van der Waals surface area contributed by atoms with Crippen molar-refractivity contribution < 1.29 is 13.9 Å². The number of carbonyl (C=O) groups is 1. The van der Waals surface area contributed by atoms with Crippen LogP contribution in [0.3, 0.4) is 0 Å². The van der Waals surface area contributed by atoms with Gasteiger partial charge in [-0.3, -0.25) is 4.79 Å². The van der Waals surface area contributed by atoms with E-state index in [-0.39, 0.29) is 17.7 Å². The van der Waals surface area contributed by atoms with Gasteiger partial charge < -0.3 is 20.2 Å². The van der Waals surface area contributed by atoms with Crippen molar-refractivity contribution in [2.75, 3.05) is 20.2 Å². The Hall–Kier alpha value is -3.83. The van der Waals surface area contributed by atoms with Crippen LogP contribution < -0.4 is 15.8 Å². The second-order valence-corrected chi connectivity index (χ2v) is 9.49. The third kappa shape index (κ3) is 4.54. The first kappa shape index (κ1) is 23.9. The fourth-order valence-electron chi connectivity index (χ4n) is 5.75. The number of methoxy groups -OCH3 is 1. The maximum absolute atomic E-state index is 13.7. The van der Waals surface area contributed by atoms with Crippen LogP contribution in [0.2, 0.25) is 0 Å². The minimum absolute atomic E-state index is 0.0164. The van der Waals surface area contributed by atoms with Crippen molar-refractivity contribution >= 4 is 5.91 Å². The normalized spacial score (nSPS) is 19.4. The Balaban J connectivity index is 1.62. The monoisotopic (exact) mass is 480 g/mol. The van der Waals surface area contributed by atoms with Crippen LogP contribution in [0, 0.1) is 5.92 Å². The Bertz CT molecular complexity index is 1280. The molecule has 3 atom stereocenters. The summed E-state index contributed by atoms with van der Waals surface area (Å²) < 4.78 is 11.7. The van der Waals surface area contributed by atoms with Gasteiger partial charge in [-0.25, -0.2) is 0 Å². The summed E-state index contributed by atoms with van der Waals surface area (Å²) in [5.74, 6) is 2.04. The van der Waals surface area contributed by atoms with Gasteiger partial charge in [0.1, 0.15) is 17.3 Å². The van der Waals surface area contributed by atoms with E-state index in [1.807, 2.05) is 72.8 Å². The first-order chi connectivity index (χ1) is 17.6. The lowest BCUT2D eigenvalue weighted by Gasteiger charge is -2.45. The van der Waals surface area contributed by atoms with Gasteiger partial charge in [-0.1, -0.05) is 72.8 Å². The summed E-state index contributed by atoms with van der Waals surface area (Å²) in [7, 11) is 1.64. The van der Waals surface area contributed by atoms with Crippen LogP contribution in [-0.2, 0) is 16.6 Å². The molecule has 36 heavy (non-hydrogen) atoms. The highest BCUT2D eigenvalue weighted by Gasteiger charge is 2.50. The molecule has 2 heterocycles. The number of carbonyl (C=O) groups excluding carboxylic acids is 1. The highest BCUT2D eigenvalue weighted by molar-refractivity contribution is 5.88. The molecule has 1 amide bonds. The average molecular weight is 481 g/mol. The molecular weight excluding hydrogens is 448 g/mol. The predicted molar refractivity (Wildman–Crippen MR) is 142 cm³/mol. The summed E-state index contributed by atoms with van der Waals surface area (Å²) >= 11 is 0. The standard InChI is InChI=1S/C31H32N2O3/c1-35-25-14-12-24(13-15-25)31(30(32)34,20-26-16-17-29(36-26)23-10-6-3-7-11-23)28-18-19-33-21-27(28)22-8-4-2-5-9-22/h2-17,27-28,33H,18-21H2,1H3,(H2,32,34). The zero-order chi connectivity index (χ0) is 25.0. The number of piperidine rings is 1. The molecule has 4 aromatic rings. The molecule has 1 aliphatic rings. The Kier molecular flexibility index (Phi) is 6.92. The van der Waals surface area contributed by atoms with Crippen molar-refractivity contribution in [3.63, 3.8) is 0 Å². The largest absolute Gasteiger partial charge is 0.497 e. The van der Waals surface area contributed by atoms with Crippen LogP contribution in [-0.4, -0.2) is 26.1 Å². The zero-order valence-electron chi connectivity index (χ0n) is 20.5. The molecular formula is C31H32N2O3. The van der Waals surface area contributed by atoms with Gasteiger partial charge in [0.05, 0.1) is 12.5 Å². The average Bonchev–Trinajstić information content (AvgIpc) is 3.41. The van der Waals surface area contributed by atoms with Crippen molar-refractivity contribution in [2.24, 2.45) is 11.7 Å². The minimum atomic E-state index is -0.958. The first-order valence-corrected chi connectivity index (χ1v) is 12.5. The van der Waals surface area contributed by atoms with Crippen molar-refractivity contribution in [3.05, 3.63) is 114 Å². The minimum Gasteiger partial charge on any atom is -0.497 e. The van der Waals surface area contributed by atoms with Gasteiger partial charge >= 0.3 is 0 Å². The van der Waals surface area contributed by atoms with E-state index in [4.69, 9.17) is 14.9 Å². The lowest BCUT2D eigenvalue weighted by molar-refractivity contribution is -0.126. The molecule has 1 saturated heterocycles. The summed E-state index contributed by atoms with van der Waals surface area (Å²) in [5.41, 5.74) is 8.52. The number of hydrogen-bond acceptors (Lipinski definition) is 4. The van der Waals surface area contributed by atoms with E-state index in [1.165, 1.54) is 5.56 Å². The number of nitrogens with one attached hydrogen (secondary N) is 1. The zero-order valence-corrected chi connectivity index (χ0v) is 20.5. The lowest BCUT2D eigenvalue weighted by Crippen LogP contribution is -2.54. The van der Waals surface area contributed by atoms with Crippen LogP contribution in [0.15, 0.2) is 101 Å². The molecule has 3 N–H and O–H groups in total. The van der Waals surface area contributed by atoms with Gasteiger partial charge in [0.2, 0.25) is 5.91 Å². The van der Waals surface area contributed by atoms with Gasteiger partial charge in [-0.05, 0) is 54.3 Å². The molecule has 3 unspecified atom stereocenters. The van der Waals surface area contributed by atoms with Gasteiger partial charge in [-0.15, -0.1) is 0 Å². The van der Waals surface area contributed by atoms with E-state index in [0.29, 0.717) is 6.42 Å². The molecule has 5 nitrogen and oxygen atoms in total. The molecule has 0 saturated carbocycles. The number of nitrogens with two attached hydrogens (primary N) is 1. The van der Waals surface area contributed by atoms with E-state index in [0.717, 1.165) is 47.9 Å². The topological polar surface area (TPSA) is 77.5 Å². The Morgan fingerprint density at radius 1 is 0.972 bits per heavy atom. The highest BCUT2D eigenvalue weighted by atomic mass is 16.5. The van der Waals surface area contributed by atoms with Gasteiger partial charge in [-0.2, -0.15) is 0 Å². The molecule has 1 aromatic heterocycles. The van der Waals surface area contributed by atoms with Crippen LogP contribution in [0.25, 0.3) is 11.3 Å². The number of primary amides is 1. The number of rotatable bonds is 8. The van der Waals surface area contributed by atoms with Crippen molar-refractivity contribution in [2.45, 2.75) is 24.2 Å². The number of ether oxygens (including phenoxy) is 1. The van der Waals surface area contributed by atoms with E-state index in [1.54, 1.807) is 7.11 Å². The van der Waals surface area contributed by atoms with Gasteiger partial charge in [0.25, 0.3) is 0 Å². The van der Waals surface area contributed by atoms with E-state index >= 15 is 0 Å². The molecule has 3 aromatic carbocycles. The third-order valence-corrected chi connectivity index (χ3v) is 7.56. The summed E-state index contributed by atoms with van der Waals surface area (Å²) in [6.45, 7) is 1.61. The number of hydrogen-bond donors (Lipinski definition) is 2. The summed E-state index contributed by atoms with van der Waals surface area (Å²) in [5, 5.41) is 3.54. The number of amides is 1. The van der Waals surface area contributed by atoms with Crippen LogP contribution in [0.4, 0.5) is 0 Å². The molecule has 1 aliphatic heterocycles. The quantitative estimate of drug-likeness (QED) is 0.358. The van der Waals surface area contributed by atoms with Crippen LogP contribution in [0.5, 0.6) is 5.75 Å². The van der Waals surface area contributed by atoms with Crippen LogP contribution in [0.1, 0.15) is 29.2 Å². The SMILES string of the molecule is COc1ccc(C(Cc2ccc(-c3ccccc3)o2)(C(N)=O)C2CCNCC2c2ccccc2)cc1. The molecule has 5 rings (SSSR count). The summed E-state index contributed by atoms with van der Waals surface area (Å²) in [4.78, 5) is 13.7. The molecule has 0 radical (unpaired) electrons. The third-order valence-electron chi connectivity index (χ3n) is 7.56. The number of benzene rings is 3. The lowest BCUT2D eigenvalue weighted by atomic mass is 9.59. The molecule has 0 aliphatic carbocycles. The van der Waals surface area contributed by atoms with Crippen molar-refractivity contribution in [3.8, 4) is 17.1 Å². The fraction of sp³-hybridized carbons (Fsp3) is 0.258. The van der Waals surface area contributed by atoms with E-state index < -0.39 is 5.41 Å². The van der Waals surface area contributed by atoms with Gasteiger partial charge in [0.15, 0.2) is 0 Å². The molecule has 5 heteroatoms. The number of furan rings is 1. The molecule has 1 fully saturated rings. The highest BCUT2D eigenvalue weighted by Crippen LogP contribution is 2.47. The van der Waals surface area contributed by atoms with Crippen molar-refractivity contribution in [1.82, 2.24) is 5.32 Å². The second kappa shape index (κ2) is 10.4. The molecule has 184 valence electrons. The van der Waals surface area contributed by atoms with Crippen LogP contribution >= 0.6 is 0 Å². The first-order valence-electron chi connectivity index (χ1n) is 12.5. The maximum Gasteiger partial charge on any atom is 0.228 e. The smallest absolute Gasteiger partial charge is 0.228 e. The second-order valence-electron chi connectivity index (χ2n) is 9.49. The summed E-state index contributed by atoms with van der Waals surface area (Å²) in [6.07, 6.45) is 1.20. The van der Waals surface area contributed by atoms with E-state index in [9.17, 15) is 4.79 Å².